The van der Waals surface area contributed by atoms with E-state index in [2.05, 4.69) is 38.1 Å². The van der Waals surface area contributed by atoms with E-state index in [0.717, 1.165) is 17.4 Å². The Bertz CT molecular complexity index is 872. The Kier molecular flexibility index (Phi) is 10.1. The summed E-state index contributed by atoms with van der Waals surface area (Å²) in [6, 6.07) is 20.6. The van der Waals surface area contributed by atoms with Crippen LogP contribution in [0.1, 0.15) is 96.5 Å². The smallest absolute Gasteiger partial charge is 0.131 e. The zero-order chi connectivity index (χ0) is 24.5. The van der Waals surface area contributed by atoms with Gasteiger partial charge in [0.15, 0.2) is 0 Å². The van der Waals surface area contributed by atoms with Crippen LogP contribution >= 0.6 is 0 Å². The van der Waals surface area contributed by atoms with E-state index in [1.54, 1.807) is 43.1 Å². The van der Waals surface area contributed by atoms with Crippen molar-refractivity contribution in [2.24, 2.45) is 17.3 Å². The van der Waals surface area contributed by atoms with Gasteiger partial charge in [-0.3, -0.25) is 0 Å². The highest BCUT2D eigenvalue weighted by Gasteiger charge is 2.42. The third-order valence-electron chi connectivity index (χ3n) is 9.77. The lowest BCUT2D eigenvalue weighted by Gasteiger charge is -2.48. The van der Waals surface area contributed by atoms with Crippen molar-refractivity contribution < 1.29 is 4.39 Å². The molecule has 2 aliphatic rings. The summed E-state index contributed by atoms with van der Waals surface area (Å²) in [6.07, 6.45) is 18.7. The highest BCUT2D eigenvalue weighted by molar-refractivity contribution is 6.58. The fourth-order valence-electron chi connectivity index (χ4n) is 7.52. The Balaban J connectivity index is 1.29. The number of hydrogen-bond donors (Lipinski definition) is 0. The summed E-state index contributed by atoms with van der Waals surface area (Å²) in [5, 5.41) is 0. The average molecular weight is 493 g/mol. The maximum Gasteiger partial charge on any atom is 0.131 e. The highest BCUT2D eigenvalue weighted by Crippen LogP contribution is 2.53. The molecule has 0 N–H and O–H groups in total. The second-order valence-corrected chi connectivity index (χ2v) is 15.4. The molecular formula is C33H49FSi. The van der Waals surface area contributed by atoms with E-state index in [1.165, 1.54) is 76.2 Å². The van der Waals surface area contributed by atoms with Crippen molar-refractivity contribution in [1.29, 1.82) is 0 Å². The molecule has 1 aliphatic carbocycles. The SMILES string of the molecule is CCCCC[C@]1(C2CC[SiH](CCC)CC2)CC[C@H](CCc2ccc(-c3ccccc3F)cc2)CC1. The van der Waals surface area contributed by atoms with Crippen LogP contribution in [0, 0.1) is 23.1 Å². The Labute approximate surface area is 216 Å². The first-order valence-electron chi connectivity index (χ1n) is 15.0. The van der Waals surface area contributed by atoms with E-state index in [0.29, 0.717) is 11.0 Å². The van der Waals surface area contributed by atoms with Crippen LogP contribution < -0.4 is 0 Å². The molecule has 2 heteroatoms. The van der Waals surface area contributed by atoms with Crippen molar-refractivity contribution in [2.75, 3.05) is 0 Å². The second kappa shape index (κ2) is 13.2. The molecule has 0 unspecified atom stereocenters. The third-order valence-corrected chi connectivity index (χ3v) is 13.5. The van der Waals surface area contributed by atoms with Gasteiger partial charge in [0.2, 0.25) is 0 Å². The fourth-order valence-corrected chi connectivity index (χ4v) is 10.9. The van der Waals surface area contributed by atoms with E-state index >= 15 is 0 Å². The third kappa shape index (κ3) is 7.09. The Morgan fingerprint density at radius 3 is 2.23 bits per heavy atom. The van der Waals surface area contributed by atoms with Gasteiger partial charge in [0.05, 0.1) is 0 Å². The minimum atomic E-state index is -0.389. The number of halogens is 1. The summed E-state index contributed by atoms with van der Waals surface area (Å²) >= 11 is 0. The molecule has 0 atom stereocenters. The van der Waals surface area contributed by atoms with E-state index in [1.807, 2.05) is 12.1 Å². The van der Waals surface area contributed by atoms with Crippen molar-refractivity contribution in [3.63, 3.8) is 0 Å². The van der Waals surface area contributed by atoms with E-state index in [9.17, 15) is 4.39 Å². The van der Waals surface area contributed by atoms with Crippen LogP contribution in [0.15, 0.2) is 48.5 Å². The number of rotatable bonds is 11. The van der Waals surface area contributed by atoms with Crippen LogP contribution in [0.5, 0.6) is 0 Å². The van der Waals surface area contributed by atoms with Crippen molar-refractivity contribution in [3.05, 3.63) is 59.9 Å². The summed E-state index contributed by atoms with van der Waals surface area (Å²) in [7, 11) is -0.389. The van der Waals surface area contributed by atoms with Gasteiger partial charge in [0, 0.05) is 14.4 Å². The summed E-state index contributed by atoms with van der Waals surface area (Å²) in [4.78, 5) is 0. The zero-order valence-corrected chi connectivity index (χ0v) is 23.7. The zero-order valence-electron chi connectivity index (χ0n) is 22.5. The lowest BCUT2D eigenvalue weighted by atomic mass is 9.59. The number of aryl methyl sites for hydroxylation is 1. The van der Waals surface area contributed by atoms with Gasteiger partial charge in [-0.05, 0) is 79.4 Å². The molecule has 0 radical (unpaired) electrons. The van der Waals surface area contributed by atoms with Crippen molar-refractivity contribution in [1.82, 2.24) is 0 Å². The minimum absolute atomic E-state index is 0.133. The second-order valence-electron chi connectivity index (χ2n) is 12.0. The van der Waals surface area contributed by atoms with Crippen molar-refractivity contribution >= 4 is 8.80 Å². The molecule has 2 aromatic rings. The van der Waals surface area contributed by atoms with Gasteiger partial charge < -0.3 is 0 Å². The van der Waals surface area contributed by atoms with Gasteiger partial charge in [-0.25, -0.2) is 4.39 Å². The fraction of sp³-hybridized carbons (Fsp3) is 0.636. The Hall–Kier alpha value is -1.41. The van der Waals surface area contributed by atoms with E-state index in [4.69, 9.17) is 0 Å². The first-order chi connectivity index (χ1) is 17.1. The maximum atomic E-state index is 14.1. The molecule has 35 heavy (non-hydrogen) atoms. The molecule has 0 spiro atoms. The van der Waals surface area contributed by atoms with Gasteiger partial charge >= 0.3 is 0 Å². The predicted molar refractivity (Wildman–Crippen MR) is 153 cm³/mol. The summed E-state index contributed by atoms with van der Waals surface area (Å²) in [5.74, 6) is 1.80. The maximum absolute atomic E-state index is 14.1. The number of hydrogen-bond acceptors (Lipinski definition) is 0. The van der Waals surface area contributed by atoms with E-state index in [-0.39, 0.29) is 14.6 Å². The molecule has 1 saturated carbocycles. The molecule has 2 aromatic carbocycles. The van der Waals surface area contributed by atoms with Crippen molar-refractivity contribution in [3.8, 4) is 11.1 Å². The molecule has 0 bridgehead atoms. The largest absolute Gasteiger partial charge is 0.206 e. The monoisotopic (exact) mass is 492 g/mol. The molecule has 0 aromatic heterocycles. The van der Waals surface area contributed by atoms with Gasteiger partial charge in [0.25, 0.3) is 0 Å². The Morgan fingerprint density at radius 1 is 0.857 bits per heavy atom. The van der Waals surface area contributed by atoms with Gasteiger partial charge in [-0.1, -0.05) is 113 Å². The van der Waals surface area contributed by atoms with Crippen LogP contribution in [0.25, 0.3) is 11.1 Å². The van der Waals surface area contributed by atoms with Gasteiger partial charge in [0.1, 0.15) is 5.82 Å². The topological polar surface area (TPSA) is 0 Å². The first kappa shape index (κ1) is 26.6. The molecule has 192 valence electrons. The van der Waals surface area contributed by atoms with Crippen LogP contribution in [-0.4, -0.2) is 8.80 Å². The van der Waals surface area contributed by atoms with Crippen molar-refractivity contribution in [2.45, 2.75) is 115 Å². The number of unbranched alkanes of at least 4 members (excludes halogenated alkanes) is 2. The first-order valence-corrected chi connectivity index (χ1v) is 17.4. The molecular weight excluding hydrogens is 443 g/mol. The normalized spacial score (nSPS) is 27.1. The molecule has 1 aliphatic heterocycles. The summed E-state index contributed by atoms with van der Waals surface area (Å²) < 4.78 is 14.1. The lowest BCUT2D eigenvalue weighted by molar-refractivity contribution is 0.0493. The molecule has 4 rings (SSSR count). The lowest BCUT2D eigenvalue weighted by Crippen LogP contribution is -2.38. The minimum Gasteiger partial charge on any atom is -0.206 e. The Morgan fingerprint density at radius 2 is 1.57 bits per heavy atom. The molecule has 1 saturated heterocycles. The molecule has 0 amide bonds. The van der Waals surface area contributed by atoms with Gasteiger partial charge in [-0.2, -0.15) is 0 Å². The van der Waals surface area contributed by atoms with Crippen LogP contribution in [-0.2, 0) is 6.42 Å². The average Bonchev–Trinajstić information content (AvgIpc) is 2.90. The highest BCUT2D eigenvalue weighted by atomic mass is 28.3. The summed E-state index contributed by atoms with van der Waals surface area (Å²) in [5.41, 5.74) is 3.78. The summed E-state index contributed by atoms with van der Waals surface area (Å²) in [6.45, 7) is 4.75. The number of benzene rings is 2. The molecule has 1 heterocycles. The molecule has 2 fully saturated rings. The standard InChI is InChI=1S/C33H49FSi/c1-3-5-8-21-33(30-19-25-35(24-4-2)26-20-30)22-17-28(18-23-33)12-11-27-13-15-29(16-14-27)31-9-6-7-10-32(31)34/h6-7,9-10,13-16,28,30,35H,3-5,8,11-12,17-26H2,1-2H3/t28-,30?,33-,35?. The predicted octanol–water partition coefficient (Wildman–Crippen LogP) is 10.2. The quantitative estimate of drug-likeness (QED) is 0.216. The van der Waals surface area contributed by atoms with E-state index < -0.39 is 0 Å². The molecule has 0 nitrogen and oxygen atoms in total. The van der Waals surface area contributed by atoms with Gasteiger partial charge in [-0.15, -0.1) is 0 Å². The van der Waals surface area contributed by atoms with Crippen LogP contribution in [0.2, 0.25) is 18.1 Å². The van der Waals surface area contributed by atoms with Crippen LogP contribution in [0.3, 0.4) is 0 Å². The van der Waals surface area contributed by atoms with Crippen LogP contribution in [0.4, 0.5) is 4.39 Å².